The first-order chi connectivity index (χ1) is 8.54. The zero-order chi connectivity index (χ0) is 13.2. The Morgan fingerprint density at radius 2 is 2.11 bits per heavy atom. The quantitative estimate of drug-likeness (QED) is 0.761. The number of nitrogens with two attached hydrogens (primary N) is 1. The van der Waals surface area contributed by atoms with Gasteiger partial charge < -0.3 is 10.8 Å². The molecule has 0 bridgehead atoms. The Kier molecular flexibility index (Phi) is 3.79. The molecule has 1 fully saturated rings. The van der Waals surface area contributed by atoms with Crippen LogP contribution in [0.2, 0.25) is 0 Å². The van der Waals surface area contributed by atoms with Crippen LogP contribution in [0.3, 0.4) is 0 Å². The van der Waals surface area contributed by atoms with Crippen molar-refractivity contribution in [3.8, 4) is 0 Å². The third-order valence-electron chi connectivity index (χ3n) is 3.07. The zero-order valence-electron chi connectivity index (χ0n) is 9.86. The lowest BCUT2D eigenvalue weighted by atomic mass is 10.1. The molecular formula is C10H16N4O3S. The molecule has 18 heavy (non-hydrogen) atoms. The van der Waals surface area contributed by atoms with Crippen LogP contribution in [0.15, 0.2) is 17.3 Å². The Balaban J connectivity index is 2.15. The van der Waals surface area contributed by atoms with Crippen molar-refractivity contribution in [2.24, 2.45) is 5.92 Å². The highest BCUT2D eigenvalue weighted by molar-refractivity contribution is 7.89. The molecular weight excluding hydrogens is 256 g/mol. The lowest BCUT2D eigenvalue weighted by molar-refractivity contribution is 0.259. The first-order valence-electron chi connectivity index (χ1n) is 5.72. The number of aliphatic hydroxyl groups excluding tert-OH is 1. The van der Waals surface area contributed by atoms with Crippen LogP contribution >= 0.6 is 0 Å². The Morgan fingerprint density at radius 1 is 1.44 bits per heavy atom. The standard InChI is InChI=1S/C10H16N4O3S/c11-10-12-5-9(6-13-10)18(16,17)14-3-1-8(7-14)2-4-15/h5-6,8,15H,1-4,7H2,(H2,11,12,13). The Bertz CT molecular complexity index is 502. The Hall–Kier alpha value is -1.25. The van der Waals surface area contributed by atoms with Gasteiger partial charge in [0.1, 0.15) is 4.90 Å². The molecule has 2 rings (SSSR count). The molecule has 0 spiro atoms. The highest BCUT2D eigenvalue weighted by Gasteiger charge is 2.32. The van der Waals surface area contributed by atoms with Crippen molar-refractivity contribution in [3.63, 3.8) is 0 Å². The molecule has 8 heteroatoms. The van der Waals surface area contributed by atoms with Gasteiger partial charge >= 0.3 is 0 Å². The summed E-state index contributed by atoms with van der Waals surface area (Å²) >= 11 is 0. The normalized spacial score (nSPS) is 21.3. The number of hydrogen-bond acceptors (Lipinski definition) is 6. The average Bonchev–Trinajstić information content (AvgIpc) is 2.79. The van der Waals surface area contributed by atoms with E-state index >= 15 is 0 Å². The summed E-state index contributed by atoms with van der Waals surface area (Å²) < 4.78 is 25.9. The summed E-state index contributed by atoms with van der Waals surface area (Å²) in [7, 11) is -3.54. The number of sulfonamides is 1. The molecule has 1 saturated heterocycles. The number of aliphatic hydroxyl groups is 1. The van der Waals surface area contributed by atoms with E-state index in [1.165, 1.54) is 16.7 Å². The molecule has 1 unspecified atom stereocenters. The van der Waals surface area contributed by atoms with E-state index in [0.29, 0.717) is 19.5 Å². The van der Waals surface area contributed by atoms with Crippen LogP contribution in [0.5, 0.6) is 0 Å². The van der Waals surface area contributed by atoms with Crippen molar-refractivity contribution in [3.05, 3.63) is 12.4 Å². The Labute approximate surface area is 106 Å². The van der Waals surface area contributed by atoms with Gasteiger partial charge in [-0.1, -0.05) is 0 Å². The first-order valence-corrected chi connectivity index (χ1v) is 7.16. The van der Waals surface area contributed by atoms with E-state index in [1.807, 2.05) is 0 Å². The minimum Gasteiger partial charge on any atom is -0.396 e. The van der Waals surface area contributed by atoms with Gasteiger partial charge in [0.2, 0.25) is 16.0 Å². The maximum Gasteiger partial charge on any atom is 0.246 e. The fraction of sp³-hybridized carbons (Fsp3) is 0.600. The molecule has 0 radical (unpaired) electrons. The van der Waals surface area contributed by atoms with Crippen molar-refractivity contribution in [1.82, 2.24) is 14.3 Å². The molecule has 0 aromatic carbocycles. The van der Waals surface area contributed by atoms with Crippen molar-refractivity contribution in [1.29, 1.82) is 0 Å². The third kappa shape index (κ3) is 2.60. The monoisotopic (exact) mass is 272 g/mol. The summed E-state index contributed by atoms with van der Waals surface area (Å²) in [5, 5.41) is 8.86. The van der Waals surface area contributed by atoms with Crippen molar-refractivity contribution >= 4 is 16.0 Å². The van der Waals surface area contributed by atoms with Gasteiger partial charge in [-0.3, -0.25) is 0 Å². The van der Waals surface area contributed by atoms with Crippen molar-refractivity contribution in [2.75, 3.05) is 25.4 Å². The topological polar surface area (TPSA) is 109 Å². The van der Waals surface area contributed by atoms with Crippen LogP contribution in [-0.4, -0.2) is 47.5 Å². The predicted molar refractivity (Wildman–Crippen MR) is 65.0 cm³/mol. The number of rotatable bonds is 4. The van der Waals surface area contributed by atoms with E-state index in [4.69, 9.17) is 10.8 Å². The second kappa shape index (κ2) is 5.17. The molecule has 3 N–H and O–H groups in total. The molecule has 1 aliphatic heterocycles. The van der Waals surface area contributed by atoms with Crippen molar-refractivity contribution < 1.29 is 13.5 Å². The molecule has 0 amide bonds. The summed E-state index contributed by atoms with van der Waals surface area (Å²) in [6.07, 6.45) is 3.84. The van der Waals surface area contributed by atoms with Crippen LogP contribution in [0.25, 0.3) is 0 Å². The SMILES string of the molecule is Nc1ncc(S(=O)(=O)N2CCC(CCO)C2)cn1. The van der Waals surface area contributed by atoms with E-state index in [1.54, 1.807) is 0 Å². The van der Waals surface area contributed by atoms with E-state index in [9.17, 15) is 8.42 Å². The van der Waals surface area contributed by atoms with Gasteiger partial charge in [0.15, 0.2) is 0 Å². The molecule has 7 nitrogen and oxygen atoms in total. The van der Waals surface area contributed by atoms with Crippen LogP contribution in [-0.2, 0) is 10.0 Å². The Morgan fingerprint density at radius 3 is 2.72 bits per heavy atom. The molecule has 0 saturated carbocycles. The molecule has 2 heterocycles. The second-order valence-corrected chi connectivity index (χ2v) is 6.24. The predicted octanol–water partition coefficient (Wildman–Crippen LogP) is -0.548. The van der Waals surface area contributed by atoms with Gasteiger partial charge in [-0.05, 0) is 18.8 Å². The first kappa shape index (κ1) is 13.2. The van der Waals surface area contributed by atoms with Gasteiger partial charge in [-0.2, -0.15) is 4.31 Å². The summed E-state index contributed by atoms with van der Waals surface area (Å²) in [6.45, 7) is 0.994. The molecule has 1 aromatic rings. The molecule has 0 aliphatic carbocycles. The minimum absolute atomic E-state index is 0.0496. The van der Waals surface area contributed by atoms with Crippen LogP contribution in [0.4, 0.5) is 5.95 Å². The van der Waals surface area contributed by atoms with Crippen LogP contribution in [0, 0.1) is 5.92 Å². The van der Waals surface area contributed by atoms with Crippen molar-refractivity contribution in [2.45, 2.75) is 17.7 Å². The van der Waals surface area contributed by atoms with Gasteiger partial charge in [0.05, 0.1) is 12.4 Å². The summed E-state index contributed by atoms with van der Waals surface area (Å²) in [4.78, 5) is 7.44. The molecule has 1 aliphatic rings. The maximum atomic E-state index is 12.2. The fourth-order valence-corrected chi connectivity index (χ4v) is 3.46. The molecule has 100 valence electrons. The van der Waals surface area contributed by atoms with E-state index in [2.05, 4.69) is 9.97 Å². The number of aromatic nitrogens is 2. The number of nitrogen functional groups attached to an aromatic ring is 1. The van der Waals surface area contributed by atoms with E-state index in [0.717, 1.165) is 6.42 Å². The zero-order valence-corrected chi connectivity index (χ0v) is 10.7. The minimum atomic E-state index is -3.54. The number of nitrogens with zero attached hydrogens (tertiary/aromatic N) is 3. The molecule has 1 atom stereocenters. The highest BCUT2D eigenvalue weighted by Crippen LogP contribution is 2.25. The fourth-order valence-electron chi connectivity index (χ4n) is 2.04. The lowest BCUT2D eigenvalue weighted by Crippen LogP contribution is -2.29. The number of hydrogen-bond donors (Lipinski definition) is 2. The van der Waals surface area contributed by atoms with E-state index in [-0.39, 0.29) is 23.4 Å². The van der Waals surface area contributed by atoms with Gasteiger partial charge in [0, 0.05) is 19.7 Å². The van der Waals surface area contributed by atoms with Gasteiger partial charge in [-0.25, -0.2) is 18.4 Å². The number of anilines is 1. The third-order valence-corrected chi connectivity index (χ3v) is 4.89. The highest BCUT2D eigenvalue weighted by atomic mass is 32.2. The lowest BCUT2D eigenvalue weighted by Gasteiger charge is -2.15. The van der Waals surface area contributed by atoms with Gasteiger partial charge in [0.25, 0.3) is 0 Å². The summed E-state index contributed by atoms with van der Waals surface area (Å²) in [6, 6.07) is 0. The van der Waals surface area contributed by atoms with E-state index < -0.39 is 10.0 Å². The second-order valence-electron chi connectivity index (χ2n) is 4.31. The van der Waals surface area contributed by atoms with Gasteiger partial charge in [-0.15, -0.1) is 0 Å². The summed E-state index contributed by atoms with van der Waals surface area (Å²) in [5.74, 6) is 0.271. The average molecular weight is 272 g/mol. The van der Waals surface area contributed by atoms with Crippen LogP contribution < -0.4 is 5.73 Å². The largest absolute Gasteiger partial charge is 0.396 e. The smallest absolute Gasteiger partial charge is 0.246 e. The molecule has 1 aromatic heterocycles. The maximum absolute atomic E-state index is 12.2. The van der Waals surface area contributed by atoms with Crippen LogP contribution in [0.1, 0.15) is 12.8 Å². The summed E-state index contributed by atoms with van der Waals surface area (Å²) in [5.41, 5.74) is 5.33.